The number of aliphatic hydroxyl groups excluding tert-OH is 2. The van der Waals surface area contributed by atoms with E-state index in [0.29, 0.717) is 35.8 Å². The van der Waals surface area contributed by atoms with Crippen molar-refractivity contribution in [1.82, 2.24) is 0 Å². The maximum Gasteiger partial charge on any atom is 0.123 e. The van der Waals surface area contributed by atoms with E-state index >= 15 is 0 Å². The zero-order chi connectivity index (χ0) is 23.0. The molecule has 0 amide bonds. The summed E-state index contributed by atoms with van der Waals surface area (Å²) in [5.74, 6) is 1.13. The molecule has 0 spiro atoms. The van der Waals surface area contributed by atoms with Crippen molar-refractivity contribution in [3.8, 4) is 11.5 Å². The van der Waals surface area contributed by atoms with Crippen LogP contribution in [-0.2, 0) is 13.2 Å². The predicted octanol–water partition coefficient (Wildman–Crippen LogP) is 5.92. The van der Waals surface area contributed by atoms with E-state index in [4.69, 9.17) is 9.47 Å². The van der Waals surface area contributed by atoms with Crippen molar-refractivity contribution in [2.45, 2.75) is 32.3 Å². The highest BCUT2D eigenvalue weighted by Crippen LogP contribution is 2.34. The van der Waals surface area contributed by atoms with E-state index in [1.807, 2.05) is 91.9 Å². The Morgan fingerprint density at radius 1 is 0.576 bits per heavy atom. The Balaban J connectivity index is 1.57. The van der Waals surface area contributed by atoms with Gasteiger partial charge < -0.3 is 19.7 Å². The molecular weight excluding hydrogens is 412 g/mol. The Morgan fingerprint density at radius 2 is 1.03 bits per heavy atom. The zero-order valence-electron chi connectivity index (χ0n) is 18.6. The van der Waals surface area contributed by atoms with Gasteiger partial charge in [-0.25, -0.2) is 0 Å². The summed E-state index contributed by atoms with van der Waals surface area (Å²) in [6, 6.07) is 32.5. The number of ether oxygens (including phenoxy) is 2. The van der Waals surface area contributed by atoms with Crippen molar-refractivity contribution in [3.05, 3.63) is 131 Å². The summed E-state index contributed by atoms with van der Waals surface area (Å²) in [6.45, 7) is 2.76. The second-order valence-corrected chi connectivity index (χ2v) is 8.09. The lowest BCUT2D eigenvalue weighted by Gasteiger charge is -2.21. The summed E-state index contributed by atoms with van der Waals surface area (Å²) < 4.78 is 12.0. The van der Waals surface area contributed by atoms with Crippen LogP contribution in [0.15, 0.2) is 103 Å². The standard InChI is InChI=1S/C29H28O4/c1-21-12-14-24(15-13-21)28(30)29(31)25-16-26(32-19-22-8-4-2-5-9-22)18-27(17-25)33-20-23-10-6-3-7-11-23/h2-18,28-31H,19-20H2,1H3. The summed E-state index contributed by atoms with van der Waals surface area (Å²) in [7, 11) is 0. The van der Waals surface area contributed by atoms with Gasteiger partial charge in [-0.1, -0.05) is 90.5 Å². The van der Waals surface area contributed by atoms with Gasteiger partial charge in [0.15, 0.2) is 0 Å². The first-order valence-corrected chi connectivity index (χ1v) is 11.0. The molecule has 33 heavy (non-hydrogen) atoms. The maximum absolute atomic E-state index is 11.0. The molecule has 2 N–H and O–H groups in total. The summed E-state index contributed by atoms with van der Waals surface area (Å²) in [5, 5.41) is 21.8. The highest BCUT2D eigenvalue weighted by Gasteiger charge is 2.22. The molecule has 0 aromatic heterocycles. The van der Waals surface area contributed by atoms with Crippen LogP contribution in [0.4, 0.5) is 0 Å². The molecule has 168 valence electrons. The lowest BCUT2D eigenvalue weighted by Crippen LogP contribution is -2.11. The minimum atomic E-state index is -1.13. The fourth-order valence-electron chi connectivity index (χ4n) is 3.54. The fraction of sp³-hybridized carbons (Fsp3) is 0.172. The highest BCUT2D eigenvalue weighted by atomic mass is 16.5. The highest BCUT2D eigenvalue weighted by molar-refractivity contribution is 5.41. The van der Waals surface area contributed by atoms with E-state index < -0.39 is 12.2 Å². The van der Waals surface area contributed by atoms with Gasteiger partial charge in [0.1, 0.15) is 36.9 Å². The van der Waals surface area contributed by atoms with Gasteiger partial charge in [0, 0.05) is 6.07 Å². The van der Waals surface area contributed by atoms with Crippen molar-refractivity contribution < 1.29 is 19.7 Å². The van der Waals surface area contributed by atoms with Crippen LogP contribution in [0, 0.1) is 6.92 Å². The van der Waals surface area contributed by atoms with Gasteiger partial charge in [-0.2, -0.15) is 0 Å². The lowest BCUT2D eigenvalue weighted by molar-refractivity contribution is 0.0169. The molecule has 4 heteroatoms. The molecule has 2 unspecified atom stereocenters. The quantitative estimate of drug-likeness (QED) is 0.339. The largest absolute Gasteiger partial charge is 0.489 e. The van der Waals surface area contributed by atoms with Crippen LogP contribution in [0.2, 0.25) is 0 Å². The predicted molar refractivity (Wildman–Crippen MR) is 129 cm³/mol. The molecule has 0 saturated carbocycles. The van der Waals surface area contributed by atoms with Gasteiger partial charge in [0.05, 0.1) is 0 Å². The van der Waals surface area contributed by atoms with Crippen LogP contribution in [-0.4, -0.2) is 10.2 Å². The van der Waals surface area contributed by atoms with Crippen molar-refractivity contribution >= 4 is 0 Å². The Kier molecular flexibility index (Phi) is 7.40. The van der Waals surface area contributed by atoms with Crippen LogP contribution in [0.1, 0.15) is 40.0 Å². The summed E-state index contributed by atoms with van der Waals surface area (Å²) in [6.07, 6.45) is -2.20. The second kappa shape index (κ2) is 10.8. The smallest absolute Gasteiger partial charge is 0.123 e. The van der Waals surface area contributed by atoms with E-state index in [1.165, 1.54) is 0 Å². The molecule has 4 aromatic carbocycles. The molecule has 0 aliphatic carbocycles. The van der Waals surface area contributed by atoms with E-state index in [1.54, 1.807) is 18.2 Å². The Hall–Kier alpha value is -3.60. The summed E-state index contributed by atoms with van der Waals surface area (Å²) >= 11 is 0. The van der Waals surface area contributed by atoms with Crippen molar-refractivity contribution in [2.75, 3.05) is 0 Å². The molecule has 0 radical (unpaired) electrons. The first kappa shape index (κ1) is 22.6. The van der Waals surface area contributed by atoms with Crippen LogP contribution >= 0.6 is 0 Å². The van der Waals surface area contributed by atoms with Crippen LogP contribution < -0.4 is 9.47 Å². The van der Waals surface area contributed by atoms with Crippen molar-refractivity contribution in [2.24, 2.45) is 0 Å². The van der Waals surface area contributed by atoms with Crippen LogP contribution in [0.25, 0.3) is 0 Å². The molecule has 4 nitrogen and oxygen atoms in total. The van der Waals surface area contributed by atoms with Crippen molar-refractivity contribution in [3.63, 3.8) is 0 Å². The number of rotatable bonds is 9. The van der Waals surface area contributed by atoms with E-state index in [2.05, 4.69) is 0 Å². The molecule has 4 aromatic rings. The van der Waals surface area contributed by atoms with Gasteiger partial charge in [-0.05, 0) is 41.3 Å². The van der Waals surface area contributed by atoms with Gasteiger partial charge in [-0.3, -0.25) is 0 Å². The molecule has 0 aliphatic rings. The monoisotopic (exact) mass is 440 g/mol. The first-order valence-electron chi connectivity index (χ1n) is 11.0. The maximum atomic E-state index is 11.0. The Bertz CT molecular complexity index is 1080. The van der Waals surface area contributed by atoms with Gasteiger partial charge in [0.2, 0.25) is 0 Å². The number of hydrogen-bond acceptors (Lipinski definition) is 4. The van der Waals surface area contributed by atoms with Gasteiger partial charge in [0.25, 0.3) is 0 Å². The SMILES string of the molecule is Cc1ccc(C(O)C(O)c2cc(OCc3ccccc3)cc(OCc3ccccc3)c2)cc1. The molecular formula is C29H28O4. The number of hydrogen-bond donors (Lipinski definition) is 2. The topological polar surface area (TPSA) is 58.9 Å². The number of aliphatic hydroxyl groups is 2. The minimum Gasteiger partial charge on any atom is -0.489 e. The normalized spacial score (nSPS) is 12.7. The number of aryl methyl sites for hydroxylation is 1. The van der Waals surface area contributed by atoms with Crippen LogP contribution in [0.5, 0.6) is 11.5 Å². The van der Waals surface area contributed by atoms with Crippen LogP contribution in [0.3, 0.4) is 0 Å². The molecule has 0 bridgehead atoms. The average molecular weight is 441 g/mol. The van der Waals surface area contributed by atoms with Crippen molar-refractivity contribution in [1.29, 1.82) is 0 Å². The van der Waals surface area contributed by atoms with E-state index in [-0.39, 0.29) is 0 Å². The molecule has 0 fully saturated rings. The third-order valence-electron chi connectivity index (χ3n) is 5.46. The molecule has 4 rings (SSSR count). The van der Waals surface area contributed by atoms with Gasteiger partial charge >= 0.3 is 0 Å². The number of benzene rings is 4. The third kappa shape index (κ3) is 6.22. The summed E-state index contributed by atoms with van der Waals surface area (Å²) in [4.78, 5) is 0. The second-order valence-electron chi connectivity index (χ2n) is 8.09. The summed E-state index contributed by atoms with van der Waals surface area (Å²) in [5.41, 5.74) is 4.34. The minimum absolute atomic E-state index is 0.388. The fourth-order valence-corrected chi connectivity index (χ4v) is 3.54. The van der Waals surface area contributed by atoms with Gasteiger partial charge in [-0.15, -0.1) is 0 Å². The molecule has 2 atom stereocenters. The Morgan fingerprint density at radius 3 is 1.52 bits per heavy atom. The average Bonchev–Trinajstić information content (AvgIpc) is 2.87. The van der Waals surface area contributed by atoms with E-state index in [9.17, 15) is 10.2 Å². The van der Waals surface area contributed by atoms with E-state index in [0.717, 1.165) is 16.7 Å². The molecule has 0 saturated heterocycles. The molecule has 0 aliphatic heterocycles. The molecule has 0 heterocycles. The Labute approximate surface area is 194 Å². The zero-order valence-corrected chi connectivity index (χ0v) is 18.6. The third-order valence-corrected chi connectivity index (χ3v) is 5.46. The lowest BCUT2D eigenvalue weighted by atomic mass is 9.97. The first-order chi connectivity index (χ1) is 16.1.